The van der Waals surface area contributed by atoms with Crippen LogP contribution < -0.4 is 5.32 Å². The number of nitrogens with one attached hydrogen (secondary N) is 1. The number of benzene rings is 1. The van der Waals surface area contributed by atoms with Crippen LogP contribution in [0.3, 0.4) is 0 Å². The van der Waals surface area contributed by atoms with Gasteiger partial charge in [-0.2, -0.15) is 0 Å². The molecule has 114 valence electrons. The number of halogens is 1. The van der Waals surface area contributed by atoms with E-state index in [1.807, 2.05) is 6.92 Å². The maximum absolute atomic E-state index is 13.3. The van der Waals surface area contributed by atoms with Crippen molar-refractivity contribution >= 4 is 5.91 Å². The number of carbonyl (C=O) groups excluding carboxylic acids is 1. The number of aliphatic hydroxyl groups is 1. The van der Waals surface area contributed by atoms with Crippen molar-refractivity contribution in [2.45, 2.75) is 25.8 Å². The van der Waals surface area contributed by atoms with Gasteiger partial charge in [-0.25, -0.2) is 4.39 Å². The summed E-state index contributed by atoms with van der Waals surface area (Å²) < 4.78 is 18.3. The van der Waals surface area contributed by atoms with Gasteiger partial charge in [-0.1, -0.05) is 11.8 Å². The minimum absolute atomic E-state index is 0.0518. The first-order valence-electron chi connectivity index (χ1n) is 6.77. The lowest BCUT2D eigenvalue weighted by molar-refractivity contribution is 0.0929. The number of amides is 1. The minimum atomic E-state index is -0.489. The highest BCUT2D eigenvalue weighted by atomic mass is 19.1. The van der Waals surface area contributed by atoms with E-state index in [0.29, 0.717) is 25.0 Å². The highest BCUT2D eigenvalue weighted by molar-refractivity contribution is 5.96. The van der Waals surface area contributed by atoms with Crippen LogP contribution in [0, 0.1) is 17.7 Å². The number of hydrogen-bond donors (Lipinski definition) is 2. The molecule has 0 spiro atoms. The van der Waals surface area contributed by atoms with Crippen LogP contribution in [0.1, 0.15) is 35.7 Å². The lowest BCUT2D eigenvalue weighted by Gasteiger charge is -2.14. The summed E-state index contributed by atoms with van der Waals surface area (Å²) in [7, 11) is 1.59. The molecule has 1 aromatic carbocycles. The van der Waals surface area contributed by atoms with Gasteiger partial charge in [-0.05, 0) is 31.5 Å². The van der Waals surface area contributed by atoms with Gasteiger partial charge in [0.2, 0.25) is 0 Å². The fraction of sp³-hybridized carbons (Fsp3) is 0.438. The van der Waals surface area contributed by atoms with Crippen molar-refractivity contribution in [3.8, 4) is 11.8 Å². The number of hydrogen-bond acceptors (Lipinski definition) is 3. The zero-order valence-electron chi connectivity index (χ0n) is 12.3. The third-order valence-electron chi connectivity index (χ3n) is 2.82. The largest absolute Gasteiger partial charge is 0.395 e. The first-order valence-corrected chi connectivity index (χ1v) is 6.77. The zero-order valence-corrected chi connectivity index (χ0v) is 12.3. The smallest absolute Gasteiger partial charge is 0.252 e. The number of rotatable bonds is 6. The van der Waals surface area contributed by atoms with Crippen molar-refractivity contribution in [1.82, 2.24) is 5.32 Å². The molecule has 0 aliphatic rings. The van der Waals surface area contributed by atoms with Gasteiger partial charge in [0.15, 0.2) is 0 Å². The summed E-state index contributed by atoms with van der Waals surface area (Å²) in [6.07, 6.45) is 0.978. The average molecular weight is 293 g/mol. The summed E-state index contributed by atoms with van der Waals surface area (Å²) in [5.41, 5.74) is 0.644. The lowest BCUT2D eigenvalue weighted by Crippen LogP contribution is -2.33. The van der Waals surface area contributed by atoms with Crippen molar-refractivity contribution in [1.29, 1.82) is 0 Å². The van der Waals surface area contributed by atoms with Crippen molar-refractivity contribution in [2.24, 2.45) is 0 Å². The van der Waals surface area contributed by atoms with Crippen molar-refractivity contribution in [3.63, 3.8) is 0 Å². The molecule has 2 N–H and O–H groups in total. The first kappa shape index (κ1) is 17.2. The van der Waals surface area contributed by atoms with E-state index in [0.717, 1.165) is 0 Å². The molecule has 1 rings (SSSR count). The molecule has 1 amide bonds. The molecule has 4 nitrogen and oxygen atoms in total. The van der Waals surface area contributed by atoms with Crippen LogP contribution in [0.2, 0.25) is 0 Å². The molecule has 1 atom stereocenters. The summed E-state index contributed by atoms with van der Waals surface area (Å²) in [6.45, 7) is 2.34. The second kappa shape index (κ2) is 9.11. The highest BCUT2D eigenvalue weighted by Gasteiger charge is 2.14. The molecule has 0 radical (unpaired) electrons. The third kappa shape index (κ3) is 5.94. The van der Waals surface area contributed by atoms with E-state index in [4.69, 9.17) is 9.84 Å². The zero-order chi connectivity index (χ0) is 15.7. The van der Waals surface area contributed by atoms with E-state index in [9.17, 15) is 9.18 Å². The van der Waals surface area contributed by atoms with Crippen LogP contribution in [0.25, 0.3) is 0 Å². The molecule has 1 unspecified atom stereocenters. The number of carbonyl (C=O) groups is 1. The molecule has 0 fully saturated rings. The maximum atomic E-state index is 13.3. The number of methoxy groups -OCH3 is 1. The topological polar surface area (TPSA) is 58.6 Å². The van der Waals surface area contributed by atoms with Gasteiger partial charge in [-0.15, -0.1) is 0 Å². The van der Waals surface area contributed by atoms with Crippen LogP contribution in [-0.4, -0.2) is 37.4 Å². The van der Waals surface area contributed by atoms with Gasteiger partial charge in [0, 0.05) is 31.7 Å². The van der Waals surface area contributed by atoms with Gasteiger partial charge in [0.1, 0.15) is 5.82 Å². The summed E-state index contributed by atoms with van der Waals surface area (Å²) in [6, 6.07) is 3.81. The van der Waals surface area contributed by atoms with Crippen LogP contribution >= 0.6 is 0 Å². The van der Waals surface area contributed by atoms with Crippen LogP contribution in [0.15, 0.2) is 18.2 Å². The van der Waals surface area contributed by atoms with E-state index >= 15 is 0 Å². The van der Waals surface area contributed by atoms with Gasteiger partial charge >= 0.3 is 0 Å². The summed E-state index contributed by atoms with van der Waals surface area (Å²) in [5.74, 6) is 4.65. The number of ether oxygens (including phenoxy) is 1. The summed E-state index contributed by atoms with van der Waals surface area (Å²) in [5, 5.41) is 11.5. The first-order chi connectivity index (χ1) is 10.1. The Labute approximate surface area is 124 Å². The molecule has 0 aromatic heterocycles. The Morgan fingerprint density at radius 1 is 1.52 bits per heavy atom. The standard InChI is InChI=1S/C16H20FNO3/c1-12(8-10-21-2)18-16(20)15-11-14(17)7-6-13(15)5-3-4-9-19/h6-7,11-12,19H,4,8-10H2,1-2H3,(H,18,20). The summed E-state index contributed by atoms with van der Waals surface area (Å²) >= 11 is 0. The van der Waals surface area contributed by atoms with Gasteiger partial charge in [0.25, 0.3) is 5.91 Å². The Hall–Kier alpha value is -1.90. The Morgan fingerprint density at radius 3 is 2.95 bits per heavy atom. The van der Waals surface area contributed by atoms with Gasteiger partial charge < -0.3 is 15.2 Å². The summed E-state index contributed by atoms with van der Waals surface area (Å²) in [4.78, 5) is 12.2. The van der Waals surface area contributed by atoms with Crippen LogP contribution in [0.4, 0.5) is 4.39 Å². The van der Waals surface area contributed by atoms with E-state index in [-0.39, 0.29) is 24.1 Å². The van der Waals surface area contributed by atoms with Gasteiger partial charge in [-0.3, -0.25) is 4.79 Å². The van der Waals surface area contributed by atoms with E-state index in [2.05, 4.69) is 17.2 Å². The fourth-order valence-electron chi connectivity index (χ4n) is 1.70. The molecular weight excluding hydrogens is 273 g/mol. The molecule has 1 aromatic rings. The average Bonchev–Trinajstić information content (AvgIpc) is 2.46. The highest BCUT2D eigenvalue weighted by Crippen LogP contribution is 2.11. The van der Waals surface area contributed by atoms with Crippen molar-refractivity contribution < 1.29 is 19.0 Å². The molecule has 21 heavy (non-hydrogen) atoms. The van der Waals surface area contributed by atoms with E-state index < -0.39 is 5.82 Å². The van der Waals surface area contributed by atoms with Gasteiger partial charge in [0.05, 0.1) is 12.2 Å². The molecule has 0 saturated carbocycles. The lowest BCUT2D eigenvalue weighted by atomic mass is 10.1. The Bertz CT molecular complexity index is 534. The predicted octanol–water partition coefficient (Wildman–Crippen LogP) is 1.71. The quantitative estimate of drug-likeness (QED) is 0.785. The molecule has 5 heteroatoms. The molecule has 0 saturated heterocycles. The fourth-order valence-corrected chi connectivity index (χ4v) is 1.70. The van der Waals surface area contributed by atoms with Crippen LogP contribution in [-0.2, 0) is 4.74 Å². The SMILES string of the molecule is COCCC(C)NC(=O)c1cc(F)ccc1C#CCCO. The Kier molecular flexibility index (Phi) is 7.44. The normalized spacial score (nSPS) is 11.4. The minimum Gasteiger partial charge on any atom is -0.395 e. The molecular formula is C16H20FNO3. The second-order valence-electron chi connectivity index (χ2n) is 4.62. The van der Waals surface area contributed by atoms with E-state index in [1.165, 1.54) is 18.2 Å². The molecule has 0 heterocycles. The molecule has 0 aliphatic heterocycles. The monoisotopic (exact) mass is 293 g/mol. The van der Waals surface area contributed by atoms with Crippen molar-refractivity contribution in [3.05, 3.63) is 35.1 Å². The van der Waals surface area contributed by atoms with Crippen molar-refractivity contribution in [2.75, 3.05) is 20.3 Å². The predicted molar refractivity (Wildman–Crippen MR) is 78.4 cm³/mol. The molecule has 0 bridgehead atoms. The number of aliphatic hydroxyl groups excluding tert-OH is 1. The maximum Gasteiger partial charge on any atom is 0.252 e. The second-order valence-corrected chi connectivity index (χ2v) is 4.62. The third-order valence-corrected chi connectivity index (χ3v) is 2.82. The Balaban J connectivity index is 2.87. The molecule has 0 aliphatic carbocycles. The van der Waals surface area contributed by atoms with Crippen LogP contribution in [0.5, 0.6) is 0 Å². The van der Waals surface area contributed by atoms with E-state index in [1.54, 1.807) is 7.11 Å². The Morgan fingerprint density at radius 2 is 2.29 bits per heavy atom.